The molecular weight excluding hydrogens is 373 g/mol. The molecule has 0 saturated carbocycles. The number of nitrogens with zero attached hydrogens (tertiary/aromatic N) is 5. The first-order valence-corrected chi connectivity index (χ1v) is 9.01. The van der Waals surface area contributed by atoms with Gasteiger partial charge in [0, 0.05) is 26.2 Å². The van der Waals surface area contributed by atoms with E-state index in [0.29, 0.717) is 37.0 Å². The van der Waals surface area contributed by atoms with Gasteiger partial charge in [-0.1, -0.05) is 11.6 Å². The van der Waals surface area contributed by atoms with Gasteiger partial charge >= 0.3 is 0 Å². The van der Waals surface area contributed by atoms with Crippen LogP contribution in [0.5, 0.6) is 0 Å². The van der Waals surface area contributed by atoms with Crippen LogP contribution >= 0.6 is 11.6 Å². The molecular formula is C18H17ClFN5O2. The van der Waals surface area contributed by atoms with E-state index in [1.165, 1.54) is 24.3 Å². The third-order valence-electron chi connectivity index (χ3n) is 4.90. The maximum absolute atomic E-state index is 13.1. The lowest BCUT2D eigenvalue weighted by molar-refractivity contribution is -0.123. The Morgan fingerprint density at radius 1 is 0.963 bits per heavy atom. The van der Waals surface area contributed by atoms with Crippen molar-refractivity contribution in [3.8, 4) is 0 Å². The van der Waals surface area contributed by atoms with Gasteiger partial charge in [0.05, 0.1) is 18.2 Å². The van der Waals surface area contributed by atoms with Crippen molar-refractivity contribution < 1.29 is 14.0 Å². The molecule has 0 bridgehead atoms. The number of amides is 2. The maximum Gasteiger partial charge on any atom is 0.251 e. The van der Waals surface area contributed by atoms with Crippen LogP contribution in [0.15, 0.2) is 36.4 Å². The third kappa shape index (κ3) is 3.50. The number of carbonyl (C=O) groups is 2. The average molecular weight is 390 g/mol. The zero-order chi connectivity index (χ0) is 19.0. The molecule has 2 amide bonds. The third-order valence-corrected chi connectivity index (χ3v) is 5.11. The van der Waals surface area contributed by atoms with Crippen LogP contribution in [0.25, 0.3) is 0 Å². The molecule has 7 nitrogen and oxygen atoms in total. The van der Waals surface area contributed by atoms with Crippen LogP contribution in [0, 0.1) is 5.82 Å². The van der Waals surface area contributed by atoms with Gasteiger partial charge < -0.3 is 4.90 Å². The highest BCUT2D eigenvalue weighted by molar-refractivity contribution is 6.29. The van der Waals surface area contributed by atoms with E-state index in [9.17, 15) is 14.0 Å². The van der Waals surface area contributed by atoms with Gasteiger partial charge in [0.15, 0.2) is 11.0 Å². The lowest BCUT2D eigenvalue weighted by atomic mass is 10.1. The van der Waals surface area contributed by atoms with E-state index < -0.39 is 11.9 Å². The van der Waals surface area contributed by atoms with E-state index in [4.69, 9.17) is 11.6 Å². The number of rotatable bonds is 3. The molecule has 9 heteroatoms. The Morgan fingerprint density at radius 3 is 2.30 bits per heavy atom. The maximum atomic E-state index is 13.1. The number of carbonyl (C=O) groups excluding carboxylic acids is 2. The summed E-state index contributed by atoms with van der Waals surface area (Å²) in [5.74, 6) is -0.189. The Morgan fingerprint density at radius 2 is 1.67 bits per heavy atom. The van der Waals surface area contributed by atoms with Gasteiger partial charge in [-0.15, -0.1) is 10.2 Å². The van der Waals surface area contributed by atoms with Crippen molar-refractivity contribution in [1.29, 1.82) is 0 Å². The molecule has 0 N–H and O–H groups in total. The van der Waals surface area contributed by atoms with Crippen LogP contribution in [0.2, 0.25) is 5.15 Å². The van der Waals surface area contributed by atoms with E-state index in [2.05, 4.69) is 15.1 Å². The van der Waals surface area contributed by atoms with Crippen LogP contribution in [0.3, 0.4) is 0 Å². The highest BCUT2D eigenvalue weighted by Gasteiger charge is 2.43. The molecule has 3 heterocycles. The number of imide groups is 1. The second-order valence-corrected chi connectivity index (χ2v) is 6.89. The van der Waals surface area contributed by atoms with E-state index in [1.54, 1.807) is 6.07 Å². The standard InChI is InChI=1S/C18H17ClFN5O2/c19-15-5-6-16(22-21-15)24-9-7-23(8-10-24)14-11-17(26)25(18(14)27)13-3-1-12(20)2-4-13/h1-6,14H,7-11H2/t14-/m1/s1. The van der Waals surface area contributed by atoms with Crippen molar-refractivity contribution in [1.82, 2.24) is 15.1 Å². The van der Waals surface area contributed by atoms with Crippen LogP contribution in [0.4, 0.5) is 15.9 Å². The molecule has 0 unspecified atom stereocenters. The zero-order valence-electron chi connectivity index (χ0n) is 14.4. The normalized spacial score (nSPS) is 21.2. The molecule has 2 fully saturated rings. The molecule has 2 aliphatic heterocycles. The van der Waals surface area contributed by atoms with Gasteiger partial charge in [-0.05, 0) is 36.4 Å². The van der Waals surface area contributed by atoms with Gasteiger partial charge in [0.25, 0.3) is 5.91 Å². The van der Waals surface area contributed by atoms with Gasteiger partial charge in [0.1, 0.15) is 5.82 Å². The Kier molecular flexibility index (Phi) is 4.75. The summed E-state index contributed by atoms with van der Waals surface area (Å²) in [5, 5.41) is 8.27. The first-order valence-electron chi connectivity index (χ1n) is 8.63. The largest absolute Gasteiger partial charge is 0.353 e. The van der Waals surface area contributed by atoms with Crippen molar-refractivity contribution in [2.45, 2.75) is 12.5 Å². The second kappa shape index (κ2) is 7.21. The molecule has 1 atom stereocenters. The summed E-state index contributed by atoms with van der Waals surface area (Å²) in [5.41, 5.74) is 0.406. The van der Waals surface area contributed by atoms with Gasteiger partial charge in [-0.2, -0.15) is 0 Å². The zero-order valence-corrected chi connectivity index (χ0v) is 15.1. The second-order valence-electron chi connectivity index (χ2n) is 6.50. The monoisotopic (exact) mass is 389 g/mol. The minimum atomic E-state index is -0.485. The number of anilines is 2. The van der Waals surface area contributed by atoms with Crippen molar-refractivity contribution in [3.05, 3.63) is 47.4 Å². The highest BCUT2D eigenvalue weighted by Crippen LogP contribution is 2.27. The molecule has 2 aromatic rings. The Labute approximate surface area is 160 Å². The molecule has 1 aromatic carbocycles. The lowest BCUT2D eigenvalue weighted by Crippen LogP contribution is -2.52. The molecule has 27 heavy (non-hydrogen) atoms. The number of halogens is 2. The fourth-order valence-electron chi connectivity index (χ4n) is 3.50. The predicted octanol–water partition coefficient (Wildman–Crippen LogP) is 1.72. The average Bonchev–Trinajstić information content (AvgIpc) is 2.98. The molecule has 4 rings (SSSR count). The van der Waals surface area contributed by atoms with Gasteiger partial charge in [-0.25, -0.2) is 9.29 Å². The van der Waals surface area contributed by atoms with Crippen molar-refractivity contribution in [2.75, 3.05) is 36.0 Å². The van der Waals surface area contributed by atoms with Crippen molar-refractivity contribution in [3.63, 3.8) is 0 Å². The fourth-order valence-corrected chi connectivity index (χ4v) is 3.60. The summed E-state index contributed by atoms with van der Waals surface area (Å²) in [6, 6.07) is 8.40. The summed E-state index contributed by atoms with van der Waals surface area (Å²) < 4.78 is 13.1. The highest BCUT2D eigenvalue weighted by atomic mass is 35.5. The minimum absolute atomic E-state index is 0.136. The summed E-state index contributed by atoms with van der Waals surface area (Å²) >= 11 is 5.77. The molecule has 2 aliphatic rings. The summed E-state index contributed by atoms with van der Waals surface area (Å²) in [7, 11) is 0. The molecule has 140 valence electrons. The van der Waals surface area contributed by atoms with E-state index in [0.717, 1.165) is 10.7 Å². The molecule has 0 aliphatic carbocycles. The topological polar surface area (TPSA) is 69.6 Å². The van der Waals surface area contributed by atoms with E-state index >= 15 is 0 Å². The van der Waals surface area contributed by atoms with Crippen LogP contribution in [-0.4, -0.2) is 59.1 Å². The van der Waals surface area contributed by atoms with Gasteiger partial charge in [0.2, 0.25) is 5.91 Å². The summed E-state index contributed by atoms with van der Waals surface area (Å²) in [6.45, 7) is 2.60. The SMILES string of the molecule is O=C1C[C@@H](N2CCN(c3ccc(Cl)nn3)CC2)C(=O)N1c1ccc(F)cc1. The summed E-state index contributed by atoms with van der Waals surface area (Å²) in [6.07, 6.45) is 0.136. The molecule has 0 radical (unpaired) electrons. The Balaban J connectivity index is 1.43. The van der Waals surface area contributed by atoms with E-state index in [-0.39, 0.29) is 18.2 Å². The van der Waals surface area contributed by atoms with Crippen molar-refractivity contribution in [2.24, 2.45) is 0 Å². The first-order chi connectivity index (χ1) is 13.0. The molecule has 0 spiro atoms. The van der Waals surface area contributed by atoms with E-state index in [1.807, 2.05) is 11.0 Å². The Hall–Kier alpha value is -2.58. The van der Waals surface area contributed by atoms with Crippen molar-refractivity contribution >= 4 is 34.9 Å². The van der Waals surface area contributed by atoms with Crippen LogP contribution < -0.4 is 9.80 Å². The number of piperazine rings is 1. The summed E-state index contributed by atoms with van der Waals surface area (Å²) in [4.78, 5) is 30.4. The van der Waals surface area contributed by atoms with Gasteiger partial charge in [-0.3, -0.25) is 14.5 Å². The first kappa shape index (κ1) is 17.8. The number of hydrogen-bond acceptors (Lipinski definition) is 6. The number of hydrogen-bond donors (Lipinski definition) is 0. The smallest absolute Gasteiger partial charge is 0.251 e. The predicted molar refractivity (Wildman–Crippen MR) is 98.1 cm³/mol. The quantitative estimate of drug-likeness (QED) is 0.744. The molecule has 1 aromatic heterocycles. The number of aromatic nitrogens is 2. The van der Waals surface area contributed by atoms with Crippen LogP contribution in [-0.2, 0) is 9.59 Å². The minimum Gasteiger partial charge on any atom is -0.353 e. The van der Waals surface area contributed by atoms with Crippen LogP contribution in [0.1, 0.15) is 6.42 Å². The lowest BCUT2D eigenvalue weighted by Gasteiger charge is -2.37. The molecule has 2 saturated heterocycles. The fraction of sp³-hybridized carbons (Fsp3) is 0.333. The Bertz CT molecular complexity index is 853. The number of benzene rings is 1.